The summed E-state index contributed by atoms with van der Waals surface area (Å²) in [6.45, 7) is 0.717. The van der Waals surface area contributed by atoms with E-state index in [1.54, 1.807) is 0 Å². The van der Waals surface area contributed by atoms with Gasteiger partial charge in [-0.15, -0.1) is 0 Å². The van der Waals surface area contributed by atoms with Crippen molar-refractivity contribution in [2.45, 2.75) is 19.7 Å². The van der Waals surface area contributed by atoms with Crippen molar-refractivity contribution in [1.29, 1.82) is 0 Å². The molecule has 0 saturated carbocycles. The van der Waals surface area contributed by atoms with Crippen LogP contribution in [-0.2, 0) is 22.3 Å². The maximum absolute atomic E-state index is 12.6. The van der Waals surface area contributed by atoms with Crippen molar-refractivity contribution in [3.63, 3.8) is 0 Å². The Morgan fingerprint density at radius 1 is 1.44 bits per heavy atom. The molecule has 0 atom stereocenters. The first-order valence-electron chi connectivity index (χ1n) is 4.39. The third-order valence-electron chi connectivity index (χ3n) is 1.87. The van der Waals surface area contributed by atoms with E-state index < -0.39 is 24.3 Å². The maximum Gasteiger partial charge on any atom is 0.416 e. The summed E-state index contributed by atoms with van der Waals surface area (Å²) in [6.07, 6.45) is -4.51. The number of benzene rings is 1. The van der Waals surface area contributed by atoms with Gasteiger partial charge in [0.05, 0.1) is 5.56 Å². The lowest BCUT2D eigenvalue weighted by atomic mass is 10.1. The second-order valence-electron chi connectivity index (χ2n) is 3.19. The molecule has 1 aromatic carbocycles. The second-order valence-corrected chi connectivity index (χ2v) is 3.19. The molecule has 88 valence electrons. The fraction of sp³-hybridized carbons (Fsp3) is 0.300. The van der Waals surface area contributed by atoms with Gasteiger partial charge in [0.25, 0.3) is 0 Å². The highest BCUT2D eigenvalue weighted by molar-refractivity contribution is 5.66. The Hall–Kier alpha value is -1.72. The average Bonchev–Trinajstić information content (AvgIpc) is 2.14. The average molecular weight is 233 g/mol. The van der Waals surface area contributed by atoms with Gasteiger partial charge in [-0.2, -0.15) is 13.2 Å². The first kappa shape index (κ1) is 12.4. The predicted octanol–water partition coefficient (Wildman–Crippen LogP) is 2.35. The molecule has 0 aliphatic rings. The van der Waals surface area contributed by atoms with E-state index in [9.17, 15) is 18.0 Å². The molecular formula is C10H10F3NO2. The lowest BCUT2D eigenvalue weighted by Crippen LogP contribution is -2.11. The maximum atomic E-state index is 12.6. The van der Waals surface area contributed by atoms with E-state index in [1.807, 2.05) is 0 Å². The van der Waals surface area contributed by atoms with Gasteiger partial charge in [-0.25, -0.2) is 0 Å². The van der Waals surface area contributed by atoms with E-state index in [-0.39, 0.29) is 11.3 Å². The van der Waals surface area contributed by atoms with Crippen LogP contribution < -0.4 is 5.73 Å². The molecule has 16 heavy (non-hydrogen) atoms. The zero-order valence-electron chi connectivity index (χ0n) is 8.47. The molecule has 0 spiro atoms. The predicted molar refractivity (Wildman–Crippen MR) is 51.3 cm³/mol. The zero-order chi connectivity index (χ0) is 12.3. The molecule has 0 unspecified atom stereocenters. The van der Waals surface area contributed by atoms with E-state index in [1.165, 1.54) is 12.1 Å². The lowest BCUT2D eigenvalue weighted by Gasteiger charge is -2.13. The number of esters is 1. The van der Waals surface area contributed by atoms with Gasteiger partial charge in [-0.3, -0.25) is 4.79 Å². The fourth-order valence-corrected chi connectivity index (χ4v) is 1.16. The normalized spacial score (nSPS) is 11.2. The fourth-order valence-electron chi connectivity index (χ4n) is 1.16. The van der Waals surface area contributed by atoms with Crippen molar-refractivity contribution in [2.24, 2.45) is 0 Å². The molecule has 0 saturated heterocycles. The summed E-state index contributed by atoms with van der Waals surface area (Å²) < 4.78 is 42.2. The minimum absolute atomic E-state index is 0.0129. The van der Waals surface area contributed by atoms with Gasteiger partial charge >= 0.3 is 12.1 Å². The van der Waals surface area contributed by atoms with E-state index in [4.69, 9.17) is 5.73 Å². The summed E-state index contributed by atoms with van der Waals surface area (Å²) in [7, 11) is 0. The summed E-state index contributed by atoms with van der Waals surface area (Å²) in [6, 6.07) is 3.34. The summed E-state index contributed by atoms with van der Waals surface area (Å²) >= 11 is 0. The Labute approximate surface area is 90.0 Å². The van der Waals surface area contributed by atoms with Crippen LogP contribution in [0.1, 0.15) is 18.1 Å². The smallest absolute Gasteiger partial charge is 0.416 e. The van der Waals surface area contributed by atoms with Crippen LogP contribution in [0.25, 0.3) is 0 Å². The highest BCUT2D eigenvalue weighted by Gasteiger charge is 2.33. The number of nitrogens with two attached hydrogens (primary N) is 1. The Kier molecular flexibility index (Phi) is 3.41. The van der Waals surface area contributed by atoms with Gasteiger partial charge in [-0.05, 0) is 12.1 Å². The Bertz CT molecular complexity index is 402. The number of anilines is 1. The molecule has 0 fully saturated rings. The zero-order valence-corrected chi connectivity index (χ0v) is 8.47. The molecular weight excluding hydrogens is 223 g/mol. The molecule has 0 bridgehead atoms. The number of halogens is 3. The third-order valence-corrected chi connectivity index (χ3v) is 1.87. The summed E-state index contributed by atoms with van der Waals surface area (Å²) in [5.41, 5.74) is 4.29. The Balaban J connectivity index is 3.03. The van der Waals surface area contributed by atoms with Crippen molar-refractivity contribution in [1.82, 2.24) is 0 Å². The molecule has 0 heterocycles. The number of hydrogen-bond donors (Lipinski definition) is 1. The number of ether oxygens (including phenoxy) is 1. The summed E-state index contributed by atoms with van der Waals surface area (Å²) in [5.74, 6) is -0.634. The molecule has 1 rings (SSSR count). The van der Waals surface area contributed by atoms with Gasteiger partial charge in [0.1, 0.15) is 6.61 Å². The molecule has 6 heteroatoms. The van der Waals surface area contributed by atoms with Gasteiger partial charge in [-0.1, -0.05) is 6.07 Å². The van der Waals surface area contributed by atoms with Crippen LogP contribution in [0, 0.1) is 0 Å². The molecule has 3 nitrogen and oxygen atoms in total. The quantitative estimate of drug-likeness (QED) is 0.630. The van der Waals surface area contributed by atoms with Crippen LogP contribution in [0.5, 0.6) is 0 Å². The Morgan fingerprint density at radius 2 is 2.06 bits per heavy atom. The van der Waals surface area contributed by atoms with Crippen LogP contribution in [0.2, 0.25) is 0 Å². The first-order chi connectivity index (χ1) is 7.30. The Morgan fingerprint density at radius 3 is 2.56 bits per heavy atom. The largest absolute Gasteiger partial charge is 0.461 e. The van der Waals surface area contributed by atoms with Gasteiger partial charge < -0.3 is 10.5 Å². The summed E-state index contributed by atoms with van der Waals surface area (Å²) in [5, 5.41) is 0. The first-order valence-corrected chi connectivity index (χ1v) is 4.39. The monoisotopic (exact) mass is 233 g/mol. The molecule has 0 aromatic heterocycles. The van der Waals surface area contributed by atoms with E-state index in [0.717, 1.165) is 13.0 Å². The highest BCUT2D eigenvalue weighted by atomic mass is 19.4. The standard InChI is InChI=1S/C10H10F3NO2/c1-6(15)16-5-7-2-3-8(14)4-9(7)10(11,12)13/h2-4H,5,14H2,1H3. The van der Waals surface area contributed by atoms with Crippen LogP contribution in [0.3, 0.4) is 0 Å². The van der Waals surface area contributed by atoms with Crippen molar-refractivity contribution in [2.75, 3.05) is 5.73 Å². The van der Waals surface area contributed by atoms with E-state index >= 15 is 0 Å². The van der Waals surface area contributed by atoms with Crippen molar-refractivity contribution in [3.05, 3.63) is 29.3 Å². The third kappa shape index (κ3) is 3.15. The van der Waals surface area contributed by atoms with Crippen LogP contribution in [0.15, 0.2) is 18.2 Å². The topological polar surface area (TPSA) is 52.3 Å². The van der Waals surface area contributed by atoms with Crippen LogP contribution in [-0.4, -0.2) is 5.97 Å². The van der Waals surface area contributed by atoms with Crippen molar-refractivity contribution in [3.8, 4) is 0 Å². The van der Waals surface area contributed by atoms with Crippen LogP contribution >= 0.6 is 0 Å². The van der Waals surface area contributed by atoms with E-state index in [0.29, 0.717) is 0 Å². The minimum atomic E-state index is -4.51. The van der Waals surface area contributed by atoms with E-state index in [2.05, 4.69) is 4.74 Å². The number of hydrogen-bond acceptors (Lipinski definition) is 3. The molecule has 0 aliphatic heterocycles. The highest BCUT2D eigenvalue weighted by Crippen LogP contribution is 2.33. The minimum Gasteiger partial charge on any atom is -0.461 e. The SMILES string of the molecule is CC(=O)OCc1ccc(N)cc1C(F)(F)F. The second kappa shape index (κ2) is 4.42. The molecule has 0 amide bonds. The van der Waals surface area contributed by atoms with Gasteiger partial charge in [0.15, 0.2) is 0 Å². The molecule has 2 N–H and O–H groups in total. The van der Waals surface area contributed by atoms with Crippen molar-refractivity contribution >= 4 is 11.7 Å². The van der Waals surface area contributed by atoms with Gasteiger partial charge in [0, 0.05) is 18.2 Å². The summed E-state index contributed by atoms with van der Waals surface area (Å²) in [4.78, 5) is 10.5. The van der Waals surface area contributed by atoms with Gasteiger partial charge in [0.2, 0.25) is 0 Å². The number of carbonyl (C=O) groups excluding carboxylic acids is 1. The van der Waals surface area contributed by atoms with Crippen LogP contribution in [0.4, 0.5) is 18.9 Å². The number of alkyl halides is 3. The molecule has 0 radical (unpaired) electrons. The molecule has 0 aliphatic carbocycles. The molecule has 1 aromatic rings. The number of nitrogen functional groups attached to an aromatic ring is 1. The number of rotatable bonds is 2. The van der Waals surface area contributed by atoms with Crippen molar-refractivity contribution < 1.29 is 22.7 Å². The lowest BCUT2D eigenvalue weighted by molar-refractivity contribution is -0.145. The number of carbonyl (C=O) groups is 1.